The Bertz CT molecular complexity index is 725. The standard InChI is InChI=1S/C16H15NO6/c18-11-6-9(3-4-10(11)15(20)21)17-14(19)12-7-1-2-8(5-7)13(12)16(22)23/h1-4,6-8,12-13,18H,5H2,(H,17,19)(H,20,21)(H,22,23)/p-2/t7-,8+,12+,13-/m0/s1. The molecule has 0 aromatic heterocycles. The predicted molar refractivity (Wildman–Crippen MR) is 74.2 cm³/mol. The number of anilines is 1. The molecule has 2 bridgehead atoms. The van der Waals surface area contributed by atoms with Crippen LogP contribution in [-0.2, 0) is 9.59 Å². The first-order chi connectivity index (χ1) is 10.9. The van der Waals surface area contributed by atoms with Gasteiger partial charge in [-0.15, -0.1) is 0 Å². The molecule has 3 rings (SSSR count). The fourth-order valence-electron chi connectivity index (χ4n) is 3.50. The van der Waals surface area contributed by atoms with E-state index in [1.54, 1.807) is 6.08 Å². The van der Waals surface area contributed by atoms with Gasteiger partial charge in [0.15, 0.2) is 0 Å². The van der Waals surface area contributed by atoms with Crippen LogP contribution < -0.4 is 15.5 Å². The zero-order valence-electron chi connectivity index (χ0n) is 11.9. The first kappa shape index (κ1) is 15.1. The number of carbonyl (C=O) groups excluding carboxylic acids is 2. The van der Waals surface area contributed by atoms with E-state index < -0.39 is 41.0 Å². The van der Waals surface area contributed by atoms with Gasteiger partial charge in [-0.3, -0.25) is 4.79 Å². The van der Waals surface area contributed by atoms with E-state index in [4.69, 9.17) is 5.11 Å². The van der Waals surface area contributed by atoms with E-state index in [9.17, 15) is 24.6 Å². The molecule has 2 aliphatic rings. The molecule has 2 aliphatic carbocycles. The Labute approximate surface area is 131 Å². The van der Waals surface area contributed by atoms with Gasteiger partial charge in [0.25, 0.3) is 0 Å². The van der Waals surface area contributed by atoms with Crippen LogP contribution in [-0.4, -0.2) is 23.0 Å². The van der Waals surface area contributed by atoms with Crippen LogP contribution in [0.4, 0.5) is 5.69 Å². The normalized spacial score (nSPS) is 27.8. The number of rotatable bonds is 4. The second-order valence-corrected chi connectivity index (χ2v) is 5.82. The van der Waals surface area contributed by atoms with E-state index in [-0.39, 0.29) is 17.5 Å². The highest BCUT2D eigenvalue weighted by atomic mass is 16.4. The smallest absolute Gasteiger partial charge is 0.335 e. The molecule has 7 heteroatoms. The average Bonchev–Trinajstić information content (AvgIpc) is 3.07. The Morgan fingerprint density at radius 3 is 2.35 bits per heavy atom. The topological polar surface area (TPSA) is 130 Å². The van der Waals surface area contributed by atoms with Gasteiger partial charge >= 0.3 is 5.97 Å². The van der Waals surface area contributed by atoms with Crippen molar-refractivity contribution in [2.45, 2.75) is 6.42 Å². The van der Waals surface area contributed by atoms with Crippen molar-refractivity contribution in [3.05, 3.63) is 35.9 Å². The summed E-state index contributed by atoms with van der Waals surface area (Å²) in [5.74, 6) is -5.81. The zero-order chi connectivity index (χ0) is 16.7. The van der Waals surface area contributed by atoms with Crippen LogP contribution in [0.15, 0.2) is 30.4 Å². The maximum atomic E-state index is 12.4. The molecule has 1 fully saturated rings. The molecular formula is C16H13NO6-2. The first-order valence-corrected chi connectivity index (χ1v) is 7.13. The van der Waals surface area contributed by atoms with Crippen LogP contribution in [0.3, 0.4) is 0 Å². The second-order valence-electron chi connectivity index (χ2n) is 5.82. The number of carbonyl (C=O) groups is 3. The molecular weight excluding hydrogens is 302 g/mol. The van der Waals surface area contributed by atoms with Crippen LogP contribution in [0.25, 0.3) is 0 Å². The highest BCUT2D eigenvalue weighted by Gasteiger charge is 2.48. The van der Waals surface area contributed by atoms with Gasteiger partial charge in [0.2, 0.25) is 5.91 Å². The summed E-state index contributed by atoms with van der Waals surface area (Å²) in [6.45, 7) is 0. The van der Waals surface area contributed by atoms with Crippen molar-refractivity contribution in [3.63, 3.8) is 0 Å². The van der Waals surface area contributed by atoms with Gasteiger partial charge in [0, 0.05) is 17.6 Å². The lowest BCUT2D eigenvalue weighted by molar-refractivity contribution is -0.313. The van der Waals surface area contributed by atoms with Crippen LogP contribution in [0.1, 0.15) is 16.8 Å². The monoisotopic (exact) mass is 315 g/mol. The summed E-state index contributed by atoms with van der Waals surface area (Å²) in [5, 5.41) is 34.2. The molecule has 1 aromatic rings. The Hall–Kier alpha value is -2.83. The number of aliphatic carboxylic acids is 1. The van der Waals surface area contributed by atoms with E-state index in [2.05, 4.69) is 5.32 Å². The minimum Gasteiger partial charge on any atom is -0.872 e. The number of nitrogens with one attached hydrogen (secondary N) is 1. The number of hydrogen-bond donors (Lipinski definition) is 2. The third-order valence-corrected chi connectivity index (χ3v) is 4.51. The lowest BCUT2D eigenvalue weighted by Gasteiger charge is -2.28. The zero-order valence-corrected chi connectivity index (χ0v) is 11.9. The summed E-state index contributed by atoms with van der Waals surface area (Å²) >= 11 is 0. The largest absolute Gasteiger partial charge is 0.872 e. The summed E-state index contributed by atoms with van der Waals surface area (Å²) < 4.78 is 0. The quantitative estimate of drug-likeness (QED) is 0.726. The third-order valence-electron chi connectivity index (χ3n) is 4.51. The van der Waals surface area contributed by atoms with Crippen LogP contribution in [0.2, 0.25) is 0 Å². The fraction of sp³-hybridized carbons (Fsp3) is 0.312. The summed E-state index contributed by atoms with van der Waals surface area (Å²) in [7, 11) is 0. The van der Waals surface area contributed by atoms with Gasteiger partial charge in [0.05, 0.1) is 11.5 Å². The second kappa shape index (κ2) is 5.42. The molecule has 0 radical (unpaired) electrons. The number of hydrogen-bond acceptors (Lipinski definition) is 5. The first-order valence-electron chi connectivity index (χ1n) is 7.13. The third kappa shape index (κ3) is 2.54. The Kier molecular flexibility index (Phi) is 3.55. The molecule has 1 saturated carbocycles. The number of aromatic carboxylic acids is 1. The number of amides is 1. The Morgan fingerprint density at radius 2 is 1.78 bits per heavy atom. The van der Waals surface area contributed by atoms with E-state index >= 15 is 0 Å². The molecule has 23 heavy (non-hydrogen) atoms. The number of carboxylic acids is 2. The maximum absolute atomic E-state index is 12.4. The Morgan fingerprint density at radius 1 is 1.13 bits per heavy atom. The van der Waals surface area contributed by atoms with Crippen LogP contribution in [0, 0.1) is 23.7 Å². The highest BCUT2D eigenvalue weighted by molar-refractivity contribution is 5.97. The molecule has 0 aliphatic heterocycles. The average molecular weight is 315 g/mol. The highest BCUT2D eigenvalue weighted by Crippen LogP contribution is 2.48. The molecule has 4 atom stereocenters. The van der Waals surface area contributed by atoms with Gasteiger partial charge in [-0.2, -0.15) is 0 Å². The van der Waals surface area contributed by atoms with Crippen LogP contribution >= 0.6 is 0 Å². The summed E-state index contributed by atoms with van der Waals surface area (Å²) in [5.41, 5.74) is -0.243. The van der Waals surface area contributed by atoms with Gasteiger partial charge in [0.1, 0.15) is 0 Å². The van der Waals surface area contributed by atoms with Gasteiger partial charge in [-0.25, -0.2) is 4.79 Å². The fourth-order valence-corrected chi connectivity index (χ4v) is 3.50. The number of carboxylic acid groups (broad SMARTS) is 2. The van der Waals surface area contributed by atoms with Gasteiger partial charge in [-0.1, -0.05) is 17.9 Å². The molecule has 1 aromatic carbocycles. The molecule has 7 nitrogen and oxygen atoms in total. The molecule has 1 amide bonds. The predicted octanol–water partition coefficient (Wildman–Crippen LogP) is -0.415. The maximum Gasteiger partial charge on any atom is 0.335 e. The SMILES string of the molecule is O=C(O)c1ccc(NC(=O)[C@H]2[C@@H](C(=O)[O-])[C@@H]3C=C[C@H]2C3)cc1[O-]. The summed E-state index contributed by atoms with van der Waals surface area (Å²) in [4.78, 5) is 34.5. The molecule has 0 heterocycles. The molecule has 120 valence electrons. The Balaban J connectivity index is 1.79. The van der Waals surface area contributed by atoms with Crippen molar-refractivity contribution in [2.75, 3.05) is 5.32 Å². The van der Waals surface area contributed by atoms with Gasteiger partial charge in [-0.05, 0) is 36.5 Å². The number of fused-ring (bicyclic) bond motifs is 2. The van der Waals surface area contributed by atoms with Crippen molar-refractivity contribution in [3.8, 4) is 5.75 Å². The van der Waals surface area contributed by atoms with E-state index in [0.29, 0.717) is 6.42 Å². The lowest BCUT2D eigenvalue weighted by Crippen LogP contribution is -2.42. The minimum atomic E-state index is -1.34. The van der Waals surface area contributed by atoms with Crippen molar-refractivity contribution in [2.24, 2.45) is 23.7 Å². The summed E-state index contributed by atoms with van der Waals surface area (Å²) in [6, 6.07) is 3.43. The number of benzene rings is 1. The lowest BCUT2D eigenvalue weighted by atomic mass is 9.82. The molecule has 0 saturated heterocycles. The van der Waals surface area contributed by atoms with E-state index in [0.717, 1.165) is 12.1 Å². The molecule has 0 unspecified atom stereocenters. The van der Waals surface area contributed by atoms with Crippen molar-refractivity contribution in [1.29, 1.82) is 0 Å². The van der Waals surface area contributed by atoms with Crippen molar-refractivity contribution >= 4 is 23.5 Å². The molecule has 0 spiro atoms. The van der Waals surface area contributed by atoms with E-state index in [1.807, 2.05) is 6.08 Å². The minimum absolute atomic E-state index is 0.147. The van der Waals surface area contributed by atoms with Crippen molar-refractivity contribution in [1.82, 2.24) is 0 Å². The number of allylic oxidation sites excluding steroid dienone is 2. The van der Waals surface area contributed by atoms with Crippen LogP contribution in [0.5, 0.6) is 5.75 Å². The summed E-state index contributed by atoms with van der Waals surface area (Å²) in [6.07, 6.45) is 4.23. The van der Waals surface area contributed by atoms with Gasteiger partial charge < -0.3 is 25.4 Å². The molecule has 2 N–H and O–H groups in total. The van der Waals surface area contributed by atoms with Crippen molar-refractivity contribution < 1.29 is 29.7 Å². The van der Waals surface area contributed by atoms with E-state index in [1.165, 1.54) is 6.07 Å².